The van der Waals surface area contributed by atoms with Crippen LogP contribution >= 0.6 is 12.2 Å². The number of carbonyl (C=O) groups is 1. The molecule has 0 spiro atoms. The van der Waals surface area contributed by atoms with Crippen molar-refractivity contribution in [2.45, 2.75) is 45.6 Å². The van der Waals surface area contributed by atoms with E-state index in [2.05, 4.69) is 0 Å². The number of carbonyl (C=O) groups excluding carboxylic acids is 1. The second-order valence-electron chi connectivity index (χ2n) is 4.64. The standard InChI is InChI=1S/C12H22N2O2S/c1-3-9(4-2)14(7-8-15)11(16)12(5-6-12)10(13)17/h9,15H,3-8H2,1-2H3,(H2,13,17). The van der Waals surface area contributed by atoms with Crippen molar-refractivity contribution in [2.24, 2.45) is 11.1 Å². The second kappa shape index (κ2) is 5.78. The van der Waals surface area contributed by atoms with Crippen LogP contribution in [0.3, 0.4) is 0 Å². The van der Waals surface area contributed by atoms with E-state index in [-0.39, 0.29) is 18.6 Å². The molecule has 0 aromatic carbocycles. The van der Waals surface area contributed by atoms with Gasteiger partial charge in [0.1, 0.15) is 0 Å². The molecule has 1 aliphatic carbocycles. The van der Waals surface area contributed by atoms with Gasteiger partial charge in [-0.05, 0) is 25.7 Å². The summed E-state index contributed by atoms with van der Waals surface area (Å²) in [6, 6.07) is 0.168. The Morgan fingerprint density at radius 2 is 2.00 bits per heavy atom. The Morgan fingerprint density at radius 3 is 2.29 bits per heavy atom. The molecule has 17 heavy (non-hydrogen) atoms. The fourth-order valence-corrected chi connectivity index (χ4v) is 2.54. The molecule has 0 bridgehead atoms. The van der Waals surface area contributed by atoms with Crippen LogP contribution in [0.15, 0.2) is 0 Å². The van der Waals surface area contributed by atoms with Gasteiger partial charge in [-0.3, -0.25) is 4.79 Å². The quantitative estimate of drug-likeness (QED) is 0.670. The average molecular weight is 258 g/mol. The van der Waals surface area contributed by atoms with Crippen molar-refractivity contribution in [3.63, 3.8) is 0 Å². The van der Waals surface area contributed by atoms with Gasteiger partial charge in [-0.15, -0.1) is 0 Å². The smallest absolute Gasteiger partial charge is 0.235 e. The molecule has 1 amide bonds. The van der Waals surface area contributed by atoms with Crippen LogP contribution in [-0.4, -0.2) is 40.1 Å². The predicted octanol–water partition coefficient (Wildman–Crippen LogP) is 1.06. The molecule has 0 aromatic heterocycles. The van der Waals surface area contributed by atoms with Gasteiger partial charge < -0.3 is 15.7 Å². The van der Waals surface area contributed by atoms with Crippen LogP contribution in [0.2, 0.25) is 0 Å². The molecule has 3 N–H and O–H groups in total. The molecule has 0 unspecified atom stereocenters. The van der Waals surface area contributed by atoms with Gasteiger partial charge in [0.25, 0.3) is 0 Å². The zero-order valence-corrected chi connectivity index (χ0v) is 11.4. The highest BCUT2D eigenvalue weighted by molar-refractivity contribution is 7.80. The molecule has 98 valence electrons. The minimum absolute atomic E-state index is 0.00718. The minimum atomic E-state index is -0.604. The van der Waals surface area contributed by atoms with Crippen LogP contribution in [-0.2, 0) is 4.79 Å². The zero-order chi connectivity index (χ0) is 13.1. The molecule has 0 atom stereocenters. The van der Waals surface area contributed by atoms with Crippen LogP contribution in [0.1, 0.15) is 39.5 Å². The van der Waals surface area contributed by atoms with Gasteiger partial charge >= 0.3 is 0 Å². The Balaban J connectivity index is 2.84. The highest BCUT2D eigenvalue weighted by Crippen LogP contribution is 2.48. The lowest BCUT2D eigenvalue weighted by Crippen LogP contribution is -2.48. The van der Waals surface area contributed by atoms with Gasteiger partial charge in [0.15, 0.2) is 0 Å². The molecular formula is C12H22N2O2S. The van der Waals surface area contributed by atoms with E-state index in [4.69, 9.17) is 23.1 Å². The molecule has 1 saturated carbocycles. The molecular weight excluding hydrogens is 236 g/mol. The third kappa shape index (κ3) is 2.77. The third-order valence-electron chi connectivity index (χ3n) is 3.62. The number of rotatable bonds is 7. The van der Waals surface area contributed by atoms with Gasteiger partial charge in [0, 0.05) is 12.6 Å². The highest BCUT2D eigenvalue weighted by atomic mass is 32.1. The summed E-state index contributed by atoms with van der Waals surface area (Å²) in [6.07, 6.45) is 3.28. The number of amides is 1. The lowest BCUT2D eigenvalue weighted by Gasteiger charge is -2.33. The Morgan fingerprint density at radius 1 is 1.47 bits per heavy atom. The van der Waals surface area contributed by atoms with Crippen molar-refractivity contribution in [3.8, 4) is 0 Å². The summed E-state index contributed by atoms with van der Waals surface area (Å²) in [5, 5.41) is 9.09. The van der Waals surface area contributed by atoms with E-state index in [1.165, 1.54) is 0 Å². The number of nitrogens with two attached hydrogens (primary N) is 1. The van der Waals surface area contributed by atoms with Crippen molar-refractivity contribution in [3.05, 3.63) is 0 Å². The summed E-state index contributed by atoms with van der Waals surface area (Å²) in [5.41, 5.74) is 5.07. The maximum Gasteiger partial charge on any atom is 0.235 e. The Labute approximate surface area is 108 Å². The largest absolute Gasteiger partial charge is 0.395 e. The molecule has 4 nitrogen and oxygen atoms in total. The van der Waals surface area contributed by atoms with Gasteiger partial charge in [-0.1, -0.05) is 26.1 Å². The van der Waals surface area contributed by atoms with E-state index < -0.39 is 5.41 Å². The topological polar surface area (TPSA) is 66.6 Å². The van der Waals surface area contributed by atoms with Gasteiger partial charge in [0.05, 0.1) is 17.0 Å². The van der Waals surface area contributed by atoms with Crippen LogP contribution in [0.25, 0.3) is 0 Å². The first kappa shape index (κ1) is 14.4. The molecule has 1 rings (SSSR count). The maximum absolute atomic E-state index is 12.5. The zero-order valence-electron chi connectivity index (χ0n) is 10.6. The van der Waals surface area contributed by atoms with E-state index in [1.54, 1.807) is 4.90 Å². The van der Waals surface area contributed by atoms with E-state index >= 15 is 0 Å². The molecule has 0 heterocycles. The Hall–Kier alpha value is -0.680. The van der Waals surface area contributed by atoms with Crippen molar-refractivity contribution in [1.29, 1.82) is 0 Å². The molecule has 0 radical (unpaired) electrons. The first-order valence-corrected chi connectivity index (χ1v) is 6.66. The monoisotopic (exact) mass is 258 g/mol. The van der Waals surface area contributed by atoms with Gasteiger partial charge in [-0.25, -0.2) is 0 Å². The fourth-order valence-electron chi connectivity index (χ4n) is 2.25. The Kier molecular flexibility index (Phi) is 4.89. The first-order chi connectivity index (χ1) is 8.03. The minimum Gasteiger partial charge on any atom is -0.395 e. The van der Waals surface area contributed by atoms with E-state index in [0.717, 1.165) is 25.7 Å². The fraction of sp³-hybridized carbons (Fsp3) is 0.833. The van der Waals surface area contributed by atoms with Crippen molar-refractivity contribution < 1.29 is 9.90 Å². The van der Waals surface area contributed by atoms with Crippen molar-refractivity contribution >= 4 is 23.1 Å². The average Bonchev–Trinajstić information content (AvgIpc) is 3.09. The molecule has 0 aliphatic heterocycles. The summed E-state index contributed by atoms with van der Waals surface area (Å²) in [6.45, 7) is 4.45. The van der Waals surface area contributed by atoms with Gasteiger partial charge in [0.2, 0.25) is 5.91 Å². The number of thiocarbonyl (C=S) groups is 1. The number of aliphatic hydroxyl groups excluding tert-OH is 1. The van der Waals surface area contributed by atoms with Crippen LogP contribution in [0.5, 0.6) is 0 Å². The predicted molar refractivity (Wildman–Crippen MR) is 71.6 cm³/mol. The summed E-state index contributed by atoms with van der Waals surface area (Å²) >= 11 is 5.00. The summed E-state index contributed by atoms with van der Waals surface area (Å²) < 4.78 is 0. The lowest BCUT2D eigenvalue weighted by atomic mass is 10.0. The number of hydrogen-bond donors (Lipinski definition) is 2. The molecule has 1 fully saturated rings. The van der Waals surface area contributed by atoms with Crippen molar-refractivity contribution in [1.82, 2.24) is 4.90 Å². The molecule has 5 heteroatoms. The van der Waals surface area contributed by atoms with Crippen LogP contribution in [0.4, 0.5) is 0 Å². The Bertz CT molecular complexity index is 299. The molecule has 1 aliphatic rings. The maximum atomic E-state index is 12.5. The summed E-state index contributed by atoms with van der Waals surface area (Å²) in [7, 11) is 0. The number of nitrogens with zero attached hydrogens (tertiary/aromatic N) is 1. The van der Waals surface area contributed by atoms with Crippen LogP contribution in [0, 0.1) is 5.41 Å². The molecule has 0 saturated heterocycles. The first-order valence-electron chi connectivity index (χ1n) is 6.25. The third-order valence-corrected chi connectivity index (χ3v) is 4.01. The number of hydrogen-bond acceptors (Lipinski definition) is 3. The molecule has 0 aromatic rings. The van der Waals surface area contributed by atoms with E-state index in [1.807, 2.05) is 13.8 Å². The second-order valence-corrected chi connectivity index (χ2v) is 5.08. The summed E-state index contributed by atoms with van der Waals surface area (Å²) in [4.78, 5) is 14.5. The van der Waals surface area contributed by atoms with E-state index in [0.29, 0.717) is 11.5 Å². The van der Waals surface area contributed by atoms with E-state index in [9.17, 15) is 4.79 Å². The SMILES string of the molecule is CCC(CC)N(CCO)C(=O)C1(C(N)=S)CC1. The summed E-state index contributed by atoms with van der Waals surface area (Å²) in [5.74, 6) is 0.00718. The van der Waals surface area contributed by atoms with Crippen molar-refractivity contribution in [2.75, 3.05) is 13.2 Å². The van der Waals surface area contributed by atoms with Gasteiger partial charge in [-0.2, -0.15) is 0 Å². The normalized spacial score (nSPS) is 16.9. The highest BCUT2D eigenvalue weighted by Gasteiger charge is 2.54. The van der Waals surface area contributed by atoms with Crippen LogP contribution < -0.4 is 5.73 Å². The number of aliphatic hydroxyl groups is 1. The lowest BCUT2D eigenvalue weighted by molar-refractivity contribution is -0.137.